The number of nitrogens with zero attached hydrogens (tertiary/aromatic N) is 3. The van der Waals surface area contributed by atoms with E-state index in [1.54, 1.807) is 17.7 Å². The van der Waals surface area contributed by atoms with E-state index in [0.29, 0.717) is 6.54 Å². The van der Waals surface area contributed by atoms with Gasteiger partial charge in [-0.25, -0.2) is 4.79 Å². The van der Waals surface area contributed by atoms with Gasteiger partial charge in [0.25, 0.3) is 5.56 Å². The van der Waals surface area contributed by atoms with Crippen LogP contribution < -0.4 is 16.6 Å². The van der Waals surface area contributed by atoms with Crippen LogP contribution in [0.5, 0.6) is 0 Å². The second kappa shape index (κ2) is 5.49. The van der Waals surface area contributed by atoms with Gasteiger partial charge in [0, 0.05) is 45.5 Å². The van der Waals surface area contributed by atoms with Crippen LogP contribution in [0.1, 0.15) is 12.1 Å². The van der Waals surface area contributed by atoms with Crippen LogP contribution in [0.4, 0.5) is 0 Å². The van der Waals surface area contributed by atoms with Crippen molar-refractivity contribution in [2.45, 2.75) is 13.0 Å². The molecule has 0 saturated carbocycles. The number of hydrogen-bond acceptors (Lipinski definition) is 4. The number of rotatable bonds is 2. The maximum absolute atomic E-state index is 11.8. The van der Waals surface area contributed by atoms with Gasteiger partial charge < -0.3 is 5.32 Å². The van der Waals surface area contributed by atoms with Crippen LogP contribution in [-0.4, -0.2) is 40.2 Å². The molecular weight excluding hydrogens is 232 g/mol. The first-order valence-electron chi connectivity index (χ1n) is 6.28. The molecule has 1 saturated heterocycles. The Bertz CT molecular complexity index is 524. The minimum Gasteiger partial charge on any atom is -0.315 e. The summed E-state index contributed by atoms with van der Waals surface area (Å²) in [6, 6.07) is 1.56. The average molecular weight is 252 g/mol. The molecule has 1 fully saturated rings. The summed E-state index contributed by atoms with van der Waals surface area (Å²) < 4.78 is 2.69. The molecule has 0 amide bonds. The Morgan fingerprint density at radius 3 is 2.72 bits per heavy atom. The van der Waals surface area contributed by atoms with Crippen LogP contribution >= 0.6 is 0 Å². The van der Waals surface area contributed by atoms with Gasteiger partial charge in [-0.15, -0.1) is 0 Å². The highest BCUT2D eigenvalue weighted by Gasteiger charge is 2.12. The summed E-state index contributed by atoms with van der Waals surface area (Å²) >= 11 is 0. The zero-order chi connectivity index (χ0) is 13.1. The van der Waals surface area contributed by atoms with E-state index in [0.717, 1.165) is 42.9 Å². The van der Waals surface area contributed by atoms with Crippen molar-refractivity contribution in [2.75, 3.05) is 26.2 Å². The molecule has 1 aromatic heterocycles. The van der Waals surface area contributed by atoms with Crippen molar-refractivity contribution in [3.63, 3.8) is 0 Å². The zero-order valence-electron chi connectivity index (χ0n) is 11.0. The minimum atomic E-state index is -0.259. The third-order valence-corrected chi connectivity index (χ3v) is 3.44. The topological polar surface area (TPSA) is 59.3 Å². The molecule has 18 heavy (non-hydrogen) atoms. The molecule has 1 aromatic rings. The Balaban J connectivity index is 2.23. The summed E-state index contributed by atoms with van der Waals surface area (Å²) in [6.07, 6.45) is 1.10. The van der Waals surface area contributed by atoms with Crippen LogP contribution in [-0.2, 0) is 20.6 Å². The molecule has 0 unspecified atom stereocenters. The molecule has 1 aliphatic rings. The van der Waals surface area contributed by atoms with E-state index in [1.165, 1.54) is 7.05 Å². The number of aromatic nitrogens is 2. The van der Waals surface area contributed by atoms with Crippen LogP contribution in [0, 0.1) is 0 Å². The largest absolute Gasteiger partial charge is 0.330 e. The molecule has 6 nitrogen and oxygen atoms in total. The van der Waals surface area contributed by atoms with E-state index in [-0.39, 0.29) is 11.2 Å². The minimum absolute atomic E-state index is 0.235. The molecule has 2 rings (SSSR count). The standard InChI is InChI=1S/C12H20N4O2/c1-14-10(8-11(17)15(2)12(14)18)9-16-6-3-4-13-5-7-16/h8,13H,3-7,9H2,1-2H3. The molecule has 0 bridgehead atoms. The van der Waals surface area contributed by atoms with Crippen LogP contribution in [0.15, 0.2) is 15.7 Å². The zero-order valence-corrected chi connectivity index (χ0v) is 11.0. The maximum Gasteiger partial charge on any atom is 0.330 e. The second-order valence-electron chi connectivity index (χ2n) is 4.75. The Hall–Kier alpha value is -1.40. The Morgan fingerprint density at radius 1 is 1.17 bits per heavy atom. The van der Waals surface area contributed by atoms with Gasteiger partial charge in [-0.1, -0.05) is 0 Å². The molecule has 0 aliphatic carbocycles. The third-order valence-electron chi connectivity index (χ3n) is 3.44. The highest BCUT2D eigenvalue weighted by molar-refractivity contribution is 5.02. The highest BCUT2D eigenvalue weighted by Crippen LogP contribution is 2.02. The summed E-state index contributed by atoms with van der Waals surface area (Å²) in [7, 11) is 3.22. The number of nitrogens with one attached hydrogen (secondary N) is 1. The summed E-state index contributed by atoms with van der Waals surface area (Å²) in [6.45, 7) is 4.59. The first kappa shape index (κ1) is 13.0. The van der Waals surface area contributed by atoms with E-state index in [9.17, 15) is 9.59 Å². The fraction of sp³-hybridized carbons (Fsp3) is 0.667. The lowest BCUT2D eigenvalue weighted by atomic mass is 10.3. The average Bonchev–Trinajstić information content (AvgIpc) is 2.62. The smallest absolute Gasteiger partial charge is 0.315 e. The van der Waals surface area contributed by atoms with Crippen LogP contribution in [0.2, 0.25) is 0 Å². The van der Waals surface area contributed by atoms with Crippen molar-refractivity contribution < 1.29 is 0 Å². The van der Waals surface area contributed by atoms with E-state index in [1.807, 2.05) is 0 Å². The summed E-state index contributed by atoms with van der Waals surface area (Å²) in [5.41, 5.74) is 0.288. The van der Waals surface area contributed by atoms with Crippen LogP contribution in [0.3, 0.4) is 0 Å². The van der Waals surface area contributed by atoms with E-state index < -0.39 is 0 Å². The molecule has 6 heteroatoms. The van der Waals surface area contributed by atoms with E-state index in [2.05, 4.69) is 10.2 Å². The molecule has 0 aromatic carbocycles. The highest BCUT2D eigenvalue weighted by atomic mass is 16.2. The summed E-state index contributed by atoms with van der Waals surface area (Å²) in [5, 5.41) is 3.33. The monoisotopic (exact) mass is 252 g/mol. The molecule has 1 N–H and O–H groups in total. The van der Waals surface area contributed by atoms with Gasteiger partial charge in [0.1, 0.15) is 0 Å². The van der Waals surface area contributed by atoms with E-state index in [4.69, 9.17) is 0 Å². The predicted octanol–water partition coefficient (Wildman–Crippen LogP) is -1.12. The van der Waals surface area contributed by atoms with Gasteiger partial charge in [-0.2, -0.15) is 0 Å². The second-order valence-corrected chi connectivity index (χ2v) is 4.75. The molecule has 1 aliphatic heterocycles. The Morgan fingerprint density at radius 2 is 1.94 bits per heavy atom. The van der Waals surface area contributed by atoms with Gasteiger partial charge in [-0.3, -0.25) is 18.8 Å². The summed E-state index contributed by atoms with van der Waals surface area (Å²) in [5.74, 6) is 0. The molecule has 0 radical (unpaired) electrons. The van der Waals surface area contributed by atoms with Gasteiger partial charge in [0.15, 0.2) is 0 Å². The van der Waals surface area contributed by atoms with Gasteiger partial charge >= 0.3 is 5.69 Å². The first-order valence-corrected chi connectivity index (χ1v) is 6.28. The quantitative estimate of drug-likeness (QED) is 0.724. The predicted molar refractivity (Wildman–Crippen MR) is 69.7 cm³/mol. The molecule has 2 heterocycles. The summed E-state index contributed by atoms with van der Waals surface area (Å²) in [4.78, 5) is 25.7. The third kappa shape index (κ3) is 2.70. The molecular formula is C12H20N4O2. The SMILES string of the molecule is Cn1c(CN2CCCNCC2)cc(=O)n(C)c1=O. The van der Waals surface area contributed by atoms with Crippen molar-refractivity contribution in [1.29, 1.82) is 0 Å². The molecule has 0 spiro atoms. The Kier molecular flexibility index (Phi) is 3.98. The molecule has 100 valence electrons. The van der Waals surface area contributed by atoms with Crippen molar-refractivity contribution >= 4 is 0 Å². The maximum atomic E-state index is 11.8. The lowest BCUT2D eigenvalue weighted by Crippen LogP contribution is -2.40. The lowest BCUT2D eigenvalue weighted by molar-refractivity contribution is 0.276. The van der Waals surface area contributed by atoms with Gasteiger partial charge in [0.05, 0.1) is 0 Å². The fourth-order valence-corrected chi connectivity index (χ4v) is 2.22. The number of hydrogen-bond donors (Lipinski definition) is 1. The van der Waals surface area contributed by atoms with Crippen LogP contribution in [0.25, 0.3) is 0 Å². The van der Waals surface area contributed by atoms with Crippen molar-refractivity contribution in [1.82, 2.24) is 19.4 Å². The van der Waals surface area contributed by atoms with Crippen molar-refractivity contribution in [3.8, 4) is 0 Å². The first-order chi connectivity index (χ1) is 8.59. The van der Waals surface area contributed by atoms with E-state index >= 15 is 0 Å². The fourth-order valence-electron chi connectivity index (χ4n) is 2.22. The Labute approximate surface area is 106 Å². The lowest BCUT2D eigenvalue weighted by Gasteiger charge is -2.20. The normalized spacial score (nSPS) is 17.7. The van der Waals surface area contributed by atoms with Crippen molar-refractivity contribution in [3.05, 3.63) is 32.6 Å². The van der Waals surface area contributed by atoms with Gasteiger partial charge in [0.2, 0.25) is 0 Å². The van der Waals surface area contributed by atoms with Gasteiger partial charge in [-0.05, 0) is 19.5 Å². The van der Waals surface area contributed by atoms with Crippen molar-refractivity contribution in [2.24, 2.45) is 14.1 Å². The molecule has 0 atom stereocenters.